The fourth-order valence-electron chi connectivity index (χ4n) is 2.84. The lowest BCUT2D eigenvalue weighted by atomic mass is 10.2. The predicted molar refractivity (Wildman–Crippen MR) is 76.7 cm³/mol. The second-order valence-corrected chi connectivity index (χ2v) is 5.47. The van der Waals surface area contributed by atoms with Crippen LogP contribution in [0.1, 0.15) is 23.3 Å². The number of ether oxygens (including phenoxy) is 1. The zero-order chi connectivity index (χ0) is 17.5. The summed E-state index contributed by atoms with van der Waals surface area (Å²) in [6.45, 7) is 0.327. The fraction of sp³-hybridized carbons (Fsp3) is 0.333. The molecule has 1 saturated heterocycles. The van der Waals surface area contributed by atoms with Crippen molar-refractivity contribution in [3.63, 3.8) is 0 Å². The molecule has 24 heavy (non-hydrogen) atoms. The van der Waals surface area contributed by atoms with Crippen molar-refractivity contribution in [2.45, 2.75) is 25.2 Å². The molecule has 0 saturated carbocycles. The molecule has 2 heterocycles. The first-order chi connectivity index (χ1) is 11.2. The molecule has 6 nitrogen and oxygen atoms in total. The first-order valence-electron chi connectivity index (χ1n) is 7.17. The third-order valence-corrected chi connectivity index (χ3v) is 3.86. The molecule has 3 rings (SSSR count). The topological polar surface area (TPSA) is 82.6 Å². The minimum atomic E-state index is -4.80. The Morgan fingerprint density at radius 1 is 1.29 bits per heavy atom. The summed E-state index contributed by atoms with van der Waals surface area (Å²) >= 11 is 0. The van der Waals surface area contributed by atoms with Crippen LogP contribution in [-0.4, -0.2) is 45.8 Å². The molecule has 0 bridgehead atoms. The van der Waals surface area contributed by atoms with E-state index in [1.807, 2.05) is 0 Å². The van der Waals surface area contributed by atoms with E-state index in [1.54, 1.807) is 0 Å². The number of hydrogen-bond acceptors (Lipinski definition) is 3. The number of aromatic amines is 1. The third kappa shape index (κ3) is 3.15. The minimum absolute atomic E-state index is 0.127. The number of benzene rings is 1. The summed E-state index contributed by atoms with van der Waals surface area (Å²) in [5.74, 6) is -1.97. The highest BCUT2D eigenvalue weighted by Crippen LogP contribution is 2.28. The zero-order valence-electron chi connectivity index (χ0n) is 12.3. The van der Waals surface area contributed by atoms with Crippen molar-refractivity contribution in [2.24, 2.45) is 0 Å². The Hall–Kier alpha value is -2.71. The van der Waals surface area contributed by atoms with Gasteiger partial charge in [-0.05, 0) is 31.0 Å². The number of halogens is 3. The number of rotatable bonds is 3. The molecule has 2 N–H and O–H groups in total. The van der Waals surface area contributed by atoms with Crippen molar-refractivity contribution >= 4 is 22.8 Å². The molecule has 1 aliphatic heterocycles. The molecule has 1 fully saturated rings. The maximum absolute atomic E-state index is 12.5. The molecule has 0 aliphatic carbocycles. The second-order valence-electron chi connectivity index (χ2n) is 5.47. The number of H-pyrrole nitrogens is 1. The maximum atomic E-state index is 12.5. The number of carboxylic acids is 1. The van der Waals surface area contributed by atoms with Gasteiger partial charge in [0.25, 0.3) is 5.91 Å². The summed E-state index contributed by atoms with van der Waals surface area (Å²) in [5.41, 5.74) is 0.425. The van der Waals surface area contributed by atoms with Crippen molar-refractivity contribution in [2.75, 3.05) is 6.54 Å². The molecule has 0 spiro atoms. The van der Waals surface area contributed by atoms with Crippen molar-refractivity contribution < 1.29 is 32.6 Å². The number of carbonyl (C=O) groups excluding carboxylic acids is 1. The summed E-state index contributed by atoms with van der Waals surface area (Å²) in [6.07, 6.45) is -3.83. The van der Waals surface area contributed by atoms with Crippen LogP contribution in [0.15, 0.2) is 24.3 Å². The normalized spacial score (nSPS) is 18.1. The first kappa shape index (κ1) is 16.2. The Balaban J connectivity index is 1.87. The van der Waals surface area contributed by atoms with Crippen molar-refractivity contribution in [3.05, 3.63) is 30.0 Å². The number of nitrogens with one attached hydrogen (secondary N) is 1. The Bertz CT molecular complexity index is 800. The Kier molecular flexibility index (Phi) is 3.86. The van der Waals surface area contributed by atoms with Gasteiger partial charge in [-0.25, -0.2) is 4.79 Å². The maximum Gasteiger partial charge on any atom is 0.573 e. The molecule has 1 aromatic heterocycles. The molecule has 0 unspecified atom stereocenters. The minimum Gasteiger partial charge on any atom is -0.480 e. The second kappa shape index (κ2) is 5.73. The average molecular weight is 342 g/mol. The van der Waals surface area contributed by atoms with Gasteiger partial charge < -0.3 is 19.7 Å². The van der Waals surface area contributed by atoms with Gasteiger partial charge in [-0.1, -0.05) is 0 Å². The van der Waals surface area contributed by atoms with Gasteiger partial charge in [0.15, 0.2) is 0 Å². The largest absolute Gasteiger partial charge is 0.573 e. The van der Waals surface area contributed by atoms with Gasteiger partial charge in [0.2, 0.25) is 0 Å². The van der Waals surface area contributed by atoms with Gasteiger partial charge in [0.05, 0.1) is 0 Å². The Morgan fingerprint density at radius 2 is 2.04 bits per heavy atom. The summed E-state index contributed by atoms with van der Waals surface area (Å²) in [4.78, 5) is 27.6. The molecule has 128 valence electrons. The number of likely N-dealkylation sites (tertiary alicyclic amines) is 1. The highest BCUT2D eigenvalue weighted by molar-refractivity contribution is 6.00. The number of aromatic nitrogens is 1. The molecule has 1 aliphatic rings. The quantitative estimate of drug-likeness (QED) is 0.898. The van der Waals surface area contributed by atoms with Crippen LogP contribution in [-0.2, 0) is 4.79 Å². The first-order valence-corrected chi connectivity index (χ1v) is 7.17. The number of alkyl halides is 3. The van der Waals surface area contributed by atoms with E-state index in [1.165, 1.54) is 17.0 Å². The summed E-state index contributed by atoms with van der Waals surface area (Å²) in [5, 5.41) is 9.66. The van der Waals surface area contributed by atoms with Crippen LogP contribution in [0.25, 0.3) is 10.9 Å². The smallest absolute Gasteiger partial charge is 0.480 e. The Morgan fingerprint density at radius 3 is 2.71 bits per heavy atom. The zero-order valence-corrected chi connectivity index (χ0v) is 12.3. The van der Waals surface area contributed by atoms with Gasteiger partial charge in [0, 0.05) is 23.5 Å². The van der Waals surface area contributed by atoms with Crippen LogP contribution in [0.4, 0.5) is 13.2 Å². The van der Waals surface area contributed by atoms with E-state index in [2.05, 4.69) is 9.72 Å². The summed E-state index contributed by atoms with van der Waals surface area (Å²) in [7, 11) is 0. The molecular formula is C15H13F3N2O4. The van der Waals surface area contributed by atoms with Gasteiger partial charge >= 0.3 is 12.3 Å². The highest BCUT2D eigenvalue weighted by Gasteiger charge is 2.35. The van der Waals surface area contributed by atoms with Crippen molar-refractivity contribution in [1.29, 1.82) is 0 Å². The van der Waals surface area contributed by atoms with E-state index in [0.717, 1.165) is 12.1 Å². The van der Waals surface area contributed by atoms with E-state index < -0.39 is 30.0 Å². The van der Waals surface area contributed by atoms with Crippen LogP contribution in [0.5, 0.6) is 5.75 Å². The number of fused-ring (bicyclic) bond motifs is 1. The van der Waals surface area contributed by atoms with Gasteiger partial charge in [-0.3, -0.25) is 4.79 Å². The van der Waals surface area contributed by atoms with Crippen LogP contribution in [0.3, 0.4) is 0 Å². The number of carboxylic acid groups (broad SMARTS) is 1. The molecular weight excluding hydrogens is 329 g/mol. The molecule has 1 atom stereocenters. The lowest BCUT2D eigenvalue weighted by Crippen LogP contribution is -2.40. The van der Waals surface area contributed by atoms with E-state index in [9.17, 15) is 22.8 Å². The van der Waals surface area contributed by atoms with Crippen molar-refractivity contribution in [3.8, 4) is 5.75 Å². The number of nitrogens with zero attached hydrogens (tertiary/aromatic N) is 1. The molecule has 1 aromatic carbocycles. The Labute approximate surface area is 133 Å². The molecule has 0 radical (unpaired) electrons. The average Bonchev–Trinajstić information content (AvgIpc) is 3.10. The van der Waals surface area contributed by atoms with E-state index in [0.29, 0.717) is 30.3 Å². The standard InChI is InChI=1S/C15H13F3N2O4/c16-15(17,18)24-9-4-3-8-6-11(19-10(8)7-9)13(21)20-5-1-2-12(20)14(22)23/h3-4,6-7,12,19H,1-2,5H2,(H,22,23)/t12-/m1/s1. The van der Waals surface area contributed by atoms with Crippen molar-refractivity contribution in [1.82, 2.24) is 9.88 Å². The van der Waals surface area contributed by atoms with Gasteiger partial charge in [-0.2, -0.15) is 0 Å². The van der Waals surface area contributed by atoms with E-state index in [-0.39, 0.29) is 5.69 Å². The molecule has 2 aromatic rings. The van der Waals surface area contributed by atoms with E-state index in [4.69, 9.17) is 5.11 Å². The lowest BCUT2D eigenvalue weighted by molar-refractivity contribution is -0.274. The number of hydrogen-bond donors (Lipinski definition) is 2. The third-order valence-electron chi connectivity index (χ3n) is 3.86. The number of carbonyl (C=O) groups is 2. The lowest BCUT2D eigenvalue weighted by Gasteiger charge is -2.20. The molecule has 1 amide bonds. The van der Waals surface area contributed by atoms with Gasteiger partial charge in [0.1, 0.15) is 17.5 Å². The molecule has 9 heteroatoms. The highest BCUT2D eigenvalue weighted by atomic mass is 19.4. The monoisotopic (exact) mass is 342 g/mol. The number of amides is 1. The SMILES string of the molecule is O=C(O)[C@H]1CCCN1C(=O)c1cc2ccc(OC(F)(F)F)cc2[nH]1. The van der Waals surface area contributed by atoms with Crippen LogP contribution < -0.4 is 4.74 Å². The summed E-state index contributed by atoms with van der Waals surface area (Å²) in [6, 6.07) is 4.27. The summed E-state index contributed by atoms with van der Waals surface area (Å²) < 4.78 is 40.6. The number of aliphatic carboxylic acids is 1. The fourth-order valence-corrected chi connectivity index (χ4v) is 2.84. The van der Waals surface area contributed by atoms with Crippen LogP contribution in [0.2, 0.25) is 0 Å². The van der Waals surface area contributed by atoms with Crippen LogP contribution >= 0.6 is 0 Å². The predicted octanol–water partition coefficient (Wildman–Crippen LogP) is 2.76. The van der Waals surface area contributed by atoms with Gasteiger partial charge in [-0.15, -0.1) is 13.2 Å². The van der Waals surface area contributed by atoms with Crippen LogP contribution in [0, 0.1) is 0 Å². The van der Waals surface area contributed by atoms with E-state index >= 15 is 0 Å².